The molecule has 0 bridgehead atoms. The summed E-state index contributed by atoms with van der Waals surface area (Å²) in [6.45, 7) is 0. The Kier molecular flexibility index (Phi) is 52.8. The van der Waals surface area contributed by atoms with Crippen LogP contribution in [0.1, 0.15) is 0 Å². The molecule has 0 aliphatic heterocycles. The average Bonchev–Trinajstić information content (AvgIpc) is 3.51. The second-order valence-electron chi connectivity index (χ2n) is 7.58. The Bertz CT molecular complexity index is 2970. The highest BCUT2D eigenvalue weighted by Gasteiger charge is 1.84. The molecule has 84 nitrogen and oxygen atoms in total. The second kappa shape index (κ2) is 65.5. The molecule has 0 spiro atoms. The molecule has 0 heterocycles. The molecule has 0 unspecified atom stereocenters. The lowest BCUT2D eigenvalue weighted by molar-refractivity contribution is 0.730. The van der Waals surface area contributed by atoms with Gasteiger partial charge in [0.2, 0.25) is 0 Å². The van der Waals surface area contributed by atoms with Gasteiger partial charge in [-0.2, -0.15) is 5.53 Å². The third-order valence-electron chi connectivity index (χ3n) is 3.39. The van der Waals surface area contributed by atoms with Crippen molar-refractivity contribution in [1.29, 1.82) is 5.53 Å². The Morgan fingerprint density at radius 3 is 0.400 bits per heavy atom. The van der Waals surface area contributed by atoms with Crippen LogP contribution in [0.25, 0.3) is 0 Å². The number of nitrogens with one attached hydrogen (secondary N) is 1. The Labute approximate surface area is 447 Å². The van der Waals surface area contributed by atoms with E-state index in [-0.39, 0.29) is 0 Å². The summed E-state index contributed by atoms with van der Waals surface area (Å²) in [6.07, 6.45) is 0. The third kappa shape index (κ3) is 63.6. The van der Waals surface area contributed by atoms with Gasteiger partial charge in [0, 0.05) is 157 Å². The second-order valence-corrected chi connectivity index (χ2v) is 8.65. The van der Waals surface area contributed by atoms with Crippen LogP contribution in [0.2, 0.25) is 0 Å². The van der Waals surface area contributed by atoms with E-state index in [2.05, 4.69) is 434 Å². The standard InChI is InChI=1S/H5N84P/c1-4-7-10-13-16-19-22-25-28-31-34-37-40-43-46-49-52-55-58-61-64-67-70-73-76-79-82-85(83-80-77-74-71-68-65-62-59-56-53-50-47-44-41-38-35-32-29-26-23-20-17-14-11-8-5-2)84-81-78-75-72-69-66-63-60-57-54-51-48-45-42-39-36-33-30-27-24-21-18-15-12-9-6-3/h1H,(H2,2,8,14,20,26,32,38,44,50,56,62,68,74,80)(H2,3,9,15,21,27,33,39,45,51,57,63,69,75,81)/b4-1?,10-7+,16-13+,22-19+,28-25+,34-31+,40-37+,46-43+,52-49+,58-55+,64-61+,70-67+,76-73+,82-79+. The summed E-state index contributed by atoms with van der Waals surface area (Å²) in [5.74, 6) is 9.29. The summed E-state index contributed by atoms with van der Waals surface area (Å²) >= 11 is 0. The maximum absolute atomic E-state index is 6.29. The van der Waals surface area contributed by atoms with Gasteiger partial charge in [-0.1, -0.05) is 25.0 Å². The summed E-state index contributed by atoms with van der Waals surface area (Å²) in [5.41, 5.74) is 6.29. The zero-order chi connectivity index (χ0) is 60.9. The van der Waals surface area contributed by atoms with Crippen LogP contribution in [0.4, 0.5) is 0 Å². The Balaban J connectivity index is 5.35. The summed E-state index contributed by atoms with van der Waals surface area (Å²) in [4.78, 5) is 10.4. The highest BCUT2D eigenvalue weighted by Crippen LogP contribution is 2.20. The van der Waals surface area contributed by atoms with E-state index in [0.717, 1.165) is 0 Å². The first kappa shape index (κ1) is 68.5. The molecule has 0 aromatic heterocycles. The molecule has 0 fully saturated rings. The highest BCUT2D eigenvalue weighted by atomic mass is 31.1. The maximum Gasteiger partial charge on any atom is 0.261 e. The van der Waals surface area contributed by atoms with Gasteiger partial charge in [-0.15, -0.1) is 0 Å². The Morgan fingerprint density at radius 1 is 0.141 bits per heavy atom. The van der Waals surface area contributed by atoms with E-state index in [0.29, 0.717) is 0 Å². The molecule has 0 amide bonds. The molecule has 85 heteroatoms. The fraction of sp³-hybridized carbons (Fsp3) is 0. The molecule has 430 valence electrons. The van der Waals surface area contributed by atoms with Crippen molar-refractivity contribution in [1.82, 2.24) is 0 Å². The average molecular weight is 1210 g/mol. The van der Waals surface area contributed by atoms with Crippen LogP contribution in [0.5, 0.6) is 0 Å². The van der Waals surface area contributed by atoms with E-state index < -0.39 is 7.66 Å². The number of nitrogens with two attached hydrogens (primary N) is 2. The molecule has 0 radical (unpaired) electrons. The highest BCUT2D eigenvalue weighted by molar-refractivity contribution is 7.34. The molecular weight excluding hydrogens is 1210 g/mol. The van der Waals surface area contributed by atoms with Crippen molar-refractivity contribution in [3.05, 3.63) is 0 Å². The largest absolute Gasteiger partial charge is 0.303 e. The lowest BCUT2D eigenvalue weighted by atomic mass is 12.3. The summed E-state index contributed by atoms with van der Waals surface area (Å²) in [7, 11) is -2.46. The van der Waals surface area contributed by atoms with Gasteiger partial charge in [-0.25, -0.2) is 0 Å². The van der Waals surface area contributed by atoms with Crippen LogP contribution < -0.4 is 11.7 Å². The van der Waals surface area contributed by atoms with Crippen LogP contribution >= 0.6 is 7.66 Å². The number of hydrogen-bond acceptors (Lipinski definition) is 3. The van der Waals surface area contributed by atoms with Crippen molar-refractivity contribution in [2.45, 2.75) is 0 Å². The van der Waals surface area contributed by atoms with Gasteiger partial charge in [-0.05, 0) is 240 Å². The van der Waals surface area contributed by atoms with Crippen LogP contribution in [-0.2, 0) is 0 Å². The van der Waals surface area contributed by atoms with Crippen molar-refractivity contribution in [2.24, 2.45) is 434 Å². The van der Waals surface area contributed by atoms with Crippen molar-refractivity contribution in [2.75, 3.05) is 0 Å². The lowest BCUT2D eigenvalue weighted by Gasteiger charge is -1.76. The van der Waals surface area contributed by atoms with Crippen molar-refractivity contribution >= 4 is 7.66 Å². The maximum atomic E-state index is 6.29. The number of rotatable bonds is 40. The molecule has 0 saturated heterocycles. The third-order valence-corrected chi connectivity index (χ3v) is 4.11. The first-order valence-electron chi connectivity index (χ1n) is 16.9. The zero-order valence-electron chi connectivity index (χ0n) is 38.3. The van der Waals surface area contributed by atoms with E-state index in [1.54, 1.807) is 0 Å². The molecule has 0 aliphatic rings. The van der Waals surface area contributed by atoms with Gasteiger partial charge in [0.25, 0.3) is 7.66 Å². The topological polar surface area (TPSA) is 1080 Å². The van der Waals surface area contributed by atoms with E-state index >= 15 is 0 Å². The van der Waals surface area contributed by atoms with Crippen molar-refractivity contribution < 1.29 is 0 Å². The van der Waals surface area contributed by atoms with Gasteiger partial charge < -0.3 is 11.7 Å². The molecule has 5 N–H and O–H groups in total. The minimum absolute atomic E-state index is 2.46. The van der Waals surface area contributed by atoms with Crippen LogP contribution in [0, 0.1) is 5.53 Å². The van der Waals surface area contributed by atoms with Gasteiger partial charge in [0.05, 0.1) is 0 Å². The van der Waals surface area contributed by atoms with Gasteiger partial charge in [0.1, 0.15) is 0 Å². The summed E-state index contributed by atoms with van der Waals surface area (Å²) in [5, 5.41) is 234. The smallest absolute Gasteiger partial charge is 0.261 e. The minimum Gasteiger partial charge on any atom is -0.303 e. The number of nitrogens with zero attached hydrogens (tertiary/aromatic N) is 81. The molecule has 0 atom stereocenters. The van der Waals surface area contributed by atoms with Crippen molar-refractivity contribution in [3.8, 4) is 0 Å². The van der Waals surface area contributed by atoms with Gasteiger partial charge in [0.15, 0.2) is 0 Å². The monoisotopic (exact) mass is 1210 g/mol. The van der Waals surface area contributed by atoms with E-state index in [9.17, 15) is 0 Å². The fourth-order valence-corrected chi connectivity index (χ4v) is 1.94. The van der Waals surface area contributed by atoms with Crippen LogP contribution in [0.15, 0.2) is 422 Å². The van der Waals surface area contributed by atoms with Gasteiger partial charge >= 0.3 is 0 Å². The molecule has 0 aromatic rings. The van der Waals surface area contributed by atoms with Gasteiger partial charge in [-0.3, -0.25) is 0 Å². The van der Waals surface area contributed by atoms with E-state index in [1.807, 2.05) is 0 Å². The minimum atomic E-state index is -2.46. The predicted molar refractivity (Wildman–Crippen MR) is 215 cm³/mol. The molecule has 0 aromatic carbocycles. The fourth-order valence-electron chi connectivity index (χ4n) is 1.52. The number of hydrogen-bond donors (Lipinski definition) is 3. The molecular formula is H5N84P. The zero-order valence-corrected chi connectivity index (χ0v) is 39.2. The predicted octanol–water partition coefficient (Wildman–Crippen LogP) is 14.8. The summed E-state index contributed by atoms with van der Waals surface area (Å²) in [6, 6.07) is 0. The Morgan fingerprint density at radius 2 is 0.259 bits per heavy atom. The SMILES string of the molecule is N=N/N=N/N=N/N=N/N=N/N=N/N=N/N=N/N=N/N=N/N=N/N=N/N=N/N=N/P(=N\N=N\N=N\N=N\N=N\N=N\N=N\N=N\N=N\N=N\N=N\N=N\N=N\N=N\N)=N\N=N\N=N\N=N\N=N\N=N\N=N\N=N\N=N\N=N\N=N\N=N\N=N\N=N\N. The Hall–Kier alpha value is -16.5. The first-order valence-corrected chi connectivity index (χ1v) is 18.1. The quantitative estimate of drug-likeness (QED) is 0.0233. The van der Waals surface area contributed by atoms with E-state index in [4.69, 9.17) is 5.53 Å². The van der Waals surface area contributed by atoms with Crippen LogP contribution in [0.3, 0.4) is 0 Å². The van der Waals surface area contributed by atoms with E-state index in [1.165, 1.54) is 0 Å². The molecule has 0 aliphatic carbocycles. The van der Waals surface area contributed by atoms with Crippen molar-refractivity contribution in [3.63, 3.8) is 0 Å². The summed E-state index contributed by atoms with van der Waals surface area (Å²) < 4.78 is 0. The van der Waals surface area contributed by atoms with Crippen LogP contribution in [-0.4, -0.2) is 0 Å². The molecule has 0 rings (SSSR count). The lowest BCUT2D eigenvalue weighted by Crippen LogP contribution is -1.70. The first-order chi connectivity index (χ1) is 42.3. The molecule has 0 saturated carbocycles. The normalized spacial score (nSPS) is 15.6. The molecule has 85 heavy (non-hydrogen) atoms.